The number of unbranched alkanes of at least 4 members (excludes halogenated alkanes) is 30. The Balaban J connectivity index is 5.22. The largest absolute Gasteiger partial charge is 0.472 e. The lowest BCUT2D eigenvalue weighted by Crippen LogP contribution is -2.30. The molecule has 17 nitrogen and oxygen atoms in total. The van der Waals surface area contributed by atoms with Gasteiger partial charge in [0.1, 0.15) is 19.3 Å². The fourth-order valence-corrected chi connectivity index (χ4v) is 10.4. The summed E-state index contributed by atoms with van der Waals surface area (Å²) in [6.45, 7) is 6.94. The second kappa shape index (κ2) is 56.4. The van der Waals surface area contributed by atoms with E-state index in [-0.39, 0.29) is 25.7 Å². The van der Waals surface area contributed by atoms with Crippen LogP contribution in [0.25, 0.3) is 0 Å². The van der Waals surface area contributed by atoms with Gasteiger partial charge in [0.15, 0.2) is 12.2 Å². The standard InChI is InChI=1S/C63H118O17P2/c1-6-9-12-15-17-19-21-23-24-26-28-30-32-38-43-48-62(67)79-59(53-74-61(66)47-42-37-31-29-27-25-22-20-18-16-13-10-7-2)55-78-82(71,72)76-51-57(64)50-75-81(69,70)77-54-58(52-73-60(65)46-41-35-14-11-8-3)80-63(68)49-44-39-34-33-36-40-45-56(4)5/h19,21,23-24,56-59,64H,6-18,20,22,25-55H2,1-5H3,(H,69,70)(H,71,72)/b21-19-,24-23-/t57-,58+,59+/m0/s1. The van der Waals surface area contributed by atoms with Gasteiger partial charge >= 0.3 is 39.5 Å². The molecule has 0 spiro atoms. The van der Waals surface area contributed by atoms with Crippen LogP contribution in [-0.4, -0.2) is 96.7 Å². The Kier molecular flexibility index (Phi) is 54.7. The molecule has 0 amide bonds. The molecule has 0 aliphatic heterocycles. The van der Waals surface area contributed by atoms with E-state index in [9.17, 15) is 43.2 Å². The molecule has 2 unspecified atom stereocenters. The maximum atomic E-state index is 13.0. The van der Waals surface area contributed by atoms with Gasteiger partial charge in [-0.1, -0.05) is 239 Å². The average Bonchev–Trinajstić information content (AvgIpc) is 3.44. The molecular formula is C63H118O17P2. The number of rotatable bonds is 61. The Morgan fingerprint density at radius 3 is 1.00 bits per heavy atom. The monoisotopic (exact) mass is 1210 g/mol. The summed E-state index contributed by atoms with van der Waals surface area (Å²) in [7, 11) is -9.89. The molecule has 0 aromatic heterocycles. The highest BCUT2D eigenvalue weighted by molar-refractivity contribution is 7.47. The van der Waals surface area contributed by atoms with E-state index >= 15 is 0 Å². The van der Waals surface area contributed by atoms with E-state index in [0.717, 1.165) is 109 Å². The Bertz CT molecular complexity index is 1690. The van der Waals surface area contributed by atoms with Crippen molar-refractivity contribution >= 4 is 39.5 Å². The molecule has 82 heavy (non-hydrogen) atoms. The van der Waals surface area contributed by atoms with Crippen LogP contribution in [-0.2, 0) is 65.4 Å². The minimum atomic E-state index is -4.95. The number of esters is 4. The van der Waals surface area contributed by atoms with Crippen molar-refractivity contribution in [3.63, 3.8) is 0 Å². The van der Waals surface area contributed by atoms with Gasteiger partial charge in [0, 0.05) is 25.7 Å². The maximum absolute atomic E-state index is 13.0. The van der Waals surface area contributed by atoms with Gasteiger partial charge in [0.25, 0.3) is 0 Å². The second-order valence-corrected chi connectivity index (χ2v) is 25.5. The minimum Gasteiger partial charge on any atom is -0.462 e. The topological polar surface area (TPSA) is 237 Å². The molecule has 0 aliphatic carbocycles. The van der Waals surface area contributed by atoms with E-state index in [1.165, 1.54) is 96.3 Å². The van der Waals surface area contributed by atoms with E-state index in [1.54, 1.807) is 0 Å². The Morgan fingerprint density at radius 2 is 0.659 bits per heavy atom. The first kappa shape index (κ1) is 79.5. The normalized spacial score (nSPS) is 14.5. The van der Waals surface area contributed by atoms with Crippen LogP contribution in [0.4, 0.5) is 0 Å². The number of hydrogen-bond acceptors (Lipinski definition) is 15. The molecule has 0 radical (unpaired) electrons. The fourth-order valence-electron chi connectivity index (χ4n) is 8.87. The Morgan fingerprint density at radius 1 is 0.378 bits per heavy atom. The van der Waals surface area contributed by atoms with Crippen LogP contribution in [0.2, 0.25) is 0 Å². The fraction of sp³-hybridized carbons (Fsp3) is 0.873. The molecule has 0 aromatic rings. The van der Waals surface area contributed by atoms with Crippen LogP contribution in [0, 0.1) is 5.92 Å². The summed E-state index contributed by atoms with van der Waals surface area (Å²) < 4.78 is 67.7. The summed E-state index contributed by atoms with van der Waals surface area (Å²) in [5.74, 6) is -1.51. The summed E-state index contributed by atoms with van der Waals surface area (Å²) in [4.78, 5) is 71.9. The van der Waals surface area contributed by atoms with Crippen molar-refractivity contribution < 1.29 is 80.2 Å². The van der Waals surface area contributed by atoms with Gasteiger partial charge in [0.05, 0.1) is 26.4 Å². The lowest BCUT2D eigenvalue weighted by molar-refractivity contribution is -0.161. The van der Waals surface area contributed by atoms with Crippen LogP contribution in [0.3, 0.4) is 0 Å². The third kappa shape index (κ3) is 56.7. The van der Waals surface area contributed by atoms with Gasteiger partial charge < -0.3 is 33.8 Å². The molecule has 0 fully saturated rings. The smallest absolute Gasteiger partial charge is 0.462 e. The number of allylic oxidation sites excluding steroid dienone is 4. The summed E-state index contributed by atoms with van der Waals surface area (Å²) in [5.41, 5.74) is 0. The molecule has 0 saturated carbocycles. The molecular weight excluding hydrogens is 1090 g/mol. The van der Waals surface area contributed by atoms with E-state index in [4.69, 9.17) is 37.0 Å². The maximum Gasteiger partial charge on any atom is 0.472 e. The van der Waals surface area contributed by atoms with Crippen molar-refractivity contribution in [1.29, 1.82) is 0 Å². The third-order valence-electron chi connectivity index (χ3n) is 13.9. The molecule has 0 heterocycles. The first-order valence-corrected chi connectivity index (χ1v) is 35.4. The zero-order chi connectivity index (χ0) is 60.6. The number of hydrogen-bond donors (Lipinski definition) is 3. The van der Waals surface area contributed by atoms with Gasteiger partial charge in [-0.3, -0.25) is 37.3 Å². The molecule has 0 bridgehead atoms. The first-order chi connectivity index (χ1) is 39.5. The van der Waals surface area contributed by atoms with Crippen molar-refractivity contribution in [3.05, 3.63) is 24.3 Å². The van der Waals surface area contributed by atoms with Gasteiger partial charge in [-0.2, -0.15) is 0 Å². The SMILES string of the molecule is CCCCCC/C=C\C=C/CCCCCCCC(=O)O[C@H](COC(=O)CCCCCCCCCCCCCCC)COP(=O)(O)OC[C@@H](O)COP(=O)(O)OC[C@@H](COC(=O)CCCCCCC)OC(=O)CCCCCCCCC(C)C. The molecule has 19 heteroatoms. The van der Waals surface area contributed by atoms with Crippen LogP contribution >= 0.6 is 15.6 Å². The number of carbonyl (C=O) groups excluding carboxylic acids is 4. The van der Waals surface area contributed by atoms with Crippen LogP contribution in [0.1, 0.15) is 291 Å². The molecule has 0 saturated heterocycles. The van der Waals surface area contributed by atoms with E-state index in [1.807, 2.05) is 0 Å². The van der Waals surface area contributed by atoms with Crippen molar-refractivity contribution in [2.75, 3.05) is 39.6 Å². The van der Waals surface area contributed by atoms with Gasteiger partial charge in [-0.15, -0.1) is 0 Å². The van der Waals surface area contributed by atoms with Gasteiger partial charge in [0.2, 0.25) is 0 Å². The third-order valence-corrected chi connectivity index (χ3v) is 15.8. The zero-order valence-corrected chi connectivity index (χ0v) is 53.9. The number of carbonyl (C=O) groups is 4. The summed E-state index contributed by atoms with van der Waals surface area (Å²) in [5, 5.41) is 10.5. The number of phosphoric acid groups is 2. The van der Waals surface area contributed by atoms with Crippen molar-refractivity contribution in [2.24, 2.45) is 5.92 Å². The molecule has 0 rings (SSSR count). The van der Waals surface area contributed by atoms with E-state index in [2.05, 4.69) is 58.9 Å². The van der Waals surface area contributed by atoms with Gasteiger partial charge in [-0.05, 0) is 57.3 Å². The average molecular weight is 1210 g/mol. The highest BCUT2D eigenvalue weighted by atomic mass is 31.2. The predicted molar refractivity (Wildman–Crippen MR) is 326 cm³/mol. The lowest BCUT2D eigenvalue weighted by Gasteiger charge is -2.21. The quantitative estimate of drug-likeness (QED) is 0.0169. The summed E-state index contributed by atoms with van der Waals surface area (Å²) in [6.07, 6.45) is 43.0. The molecule has 5 atom stereocenters. The second-order valence-electron chi connectivity index (χ2n) is 22.6. The Hall–Kier alpha value is -2.46. The van der Waals surface area contributed by atoms with Crippen LogP contribution in [0.15, 0.2) is 24.3 Å². The lowest BCUT2D eigenvalue weighted by atomic mass is 10.0. The van der Waals surface area contributed by atoms with E-state index < -0.39 is 97.5 Å². The van der Waals surface area contributed by atoms with Crippen LogP contribution < -0.4 is 0 Å². The van der Waals surface area contributed by atoms with E-state index in [0.29, 0.717) is 31.6 Å². The number of ether oxygens (including phenoxy) is 4. The van der Waals surface area contributed by atoms with Crippen LogP contribution in [0.5, 0.6) is 0 Å². The summed E-state index contributed by atoms with van der Waals surface area (Å²) in [6, 6.07) is 0. The number of aliphatic hydroxyl groups excluding tert-OH is 1. The molecule has 482 valence electrons. The Labute approximate surface area is 497 Å². The minimum absolute atomic E-state index is 0.0850. The predicted octanol–water partition coefficient (Wildman–Crippen LogP) is 17.0. The van der Waals surface area contributed by atoms with Gasteiger partial charge in [-0.25, -0.2) is 9.13 Å². The number of aliphatic hydroxyl groups is 1. The zero-order valence-electron chi connectivity index (χ0n) is 52.1. The molecule has 3 N–H and O–H groups in total. The molecule has 0 aromatic carbocycles. The summed E-state index contributed by atoms with van der Waals surface area (Å²) >= 11 is 0. The number of phosphoric ester groups is 2. The van der Waals surface area contributed by atoms with Crippen molar-refractivity contribution in [2.45, 2.75) is 310 Å². The van der Waals surface area contributed by atoms with Crippen molar-refractivity contribution in [3.8, 4) is 0 Å². The first-order valence-electron chi connectivity index (χ1n) is 32.5. The van der Waals surface area contributed by atoms with Crippen molar-refractivity contribution in [1.82, 2.24) is 0 Å². The highest BCUT2D eigenvalue weighted by Gasteiger charge is 2.30. The highest BCUT2D eigenvalue weighted by Crippen LogP contribution is 2.45. The molecule has 0 aliphatic rings.